The molecule has 1 amide bonds. The maximum atomic E-state index is 12.3. The van der Waals surface area contributed by atoms with Crippen LogP contribution >= 0.6 is 0 Å². The molecule has 2 fully saturated rings. The van der Waals surface area contributed by atoms with Crippen molar-refractivity contribution in [2.45, 2.75) is 38.3 Å². The summed E-state index contributed by atoms with van der Waals surface area (Å²) in [7, 11) is 0. The summed E-state index contributed by atoms with van der Waals surface area (Å²) in [5.74, 6) is 0.435. The van der Waals surface area contributed by atoms with Gasteiger partial charge in [0, 0.05) is 32.2 Å². The summed E-state index contributed by atoms with van der Waals surface area (Å²) in [5, 5.41) is 6.59. The quantitative estimate of drug-likeness (QED) is 0.891. The topological polar surface area (TPSA) is 44.4 Å². The lowest BCUT2D eigenvalue weighted by molar-refractivity contribution is -0.126. The van der Waals surface area contributed by atoms with E-state index in [0.717, 1.165) is 58.4 Å². The Bertz CT molecular complexity index is 462. The van der Waals surface area contributed by atoms with Gasteiger partial charge in [-0.15, -0.1) is 0 Å². The standard InChI is InChI=1S/C18H27N3O/c22-18(16-7-4-10-19-13-16)20-17-8-11-21(12-9-17)14-15-5-2-1-3-6-15/h1-3,5-6,16-17,19H,4,7-14H2,(H,20,22). The van der Waals surface area contributed by atoms with Crippen molar-refractivity contribution in [3.05, 3.63) is 35.9 Å². The number of hydrogen-bond donors (Lipinski definition) is 2. The largest absolute Gasteiger partial charge is 0.353 e. The van der Waals surface area contributed by atoms with Gasteiger partial charge in [-0.25, -0.2) is 0 Å². The molecule has 3 rings (SSSR count). The Morgan fingerprint density at radius 2 is 1.95 bits per heavy atom. The first-order chi connectivity index (χ1) is 10.8. The number of carbonyl (C=O) groups excluding carboxylic acids is 1. The van der Waals surface area contributed by atoms with Crippen molar-refractivity contribution in [3.8, 4) is 0 Å². The van der Waals surface area contributed by atoms with E-state index in [0.29, 0.717) is 6.04 Å². The molecule has 2 aliphatic heterocycles. The van der Waals surface area contributed by atoms with Crippen molar-refractivity contribution in [3.63, 3.8) is 0 Å². The van der Waals surface area contributed by atoms with Crippen LogP contribution in [0.3, 0.4) is 0 Å². The van der Waals surface area contributed by atoms with Gasteiger partial charge in [0.2, 0.25) is 5.91 Å². The van der Waals surface area contributed by atoms with Crippen LogP contribution in [-0.4, -0.2) is 43.0 Å². The molecule has 4 nitrogen and oxygen atoms in total. The highest BCUT2D eigenvalue weighted by Gasteiger charge is 2.25. The van der Waals surface area contributed by atoms with Gasteiger partial charge in [-0.2, -0.15) is 0 Å². The number of piperidine rings is 2. The first-order valence-electron chi connectivity index (χ1n) is 8.58. The number of rotatable bonds is 4. The predicted molar refractivity (Wildman–Crippen MR) is 88.5 cm³/mol. The number of nitrogens with one attached hydrogen (secondary N) is 2. The zero-order chi connectivity index (χ0) is 15.2. The normalized spacial score (nSPS) is 24.1. The van der Waals surface area contributed by atoms with Crippen LogP contribution in [0.2, 0.25) is 0 Å². The SMILES string of the molecule is O=C(NC1CCN(Cc2ccccc2)CC1)C1CCCNC1. The molecule has 0 radical (unpaired) electrons. The highest BCUT2D eigenvalue weighted by Crippen LogP contribution is 2.16. The third-order valence-corrected chi connectivity index (χ3v) is 4.85. The number of likely N-dealkylation sites (tertiary alicyclic amines) is 1. The molecule has 120 valence electrons. The van der Waals surface area contributed by atoms with Crippen LogP contribution in [0.1, 0.15) is 31.2 Å². The van der Waals surface area contributed by atoms with Gasteiger partial charge in [0.25, 0.3) is 0 Å². The Morgan fingerprint density at radius 3 is 2.64 bits per heavy atom. The summed E-state index contributed by atoms with van der Waals surface area (Å²) in [6, 6.07) is 11.0. The third-order valence-electron chi connectivity index (χ3n) is 4.85. The number of nitrogens with zero attached hydrogens (tertiary/aromatic N) is 1. The molecule has 0 spiro atoms. The predicted octanol–water partition coefficient (Wildman–Crippen LogP) is 1.77. The van der Waals surface area contributed by atoms with Gasteiger partial charge >= 0.3 is 0 Å². The molecular weight excluding hydrogens is 274 g/mol. The Labute approximate surface area is 133 Å². The molecular formula is C18H27N3O. The molecule has 2 N–H and O–H groups in total. The van der Waals surface area contributed by atoms with Crippen molar-refractivity contribution < 1.29 is 4.79 Å². The van der Waals surface area contributed by atoms with E-state index in [2.05, 4.69) is 45.9 Å². The van der Waals surface area contributed by atoms with E-state index >= 15 is 0 Å². The molecule has 2 saturated heterocycles. The van der Waals surface area contributed by atoms with Crippen LogP contribution in [0, 0.1) is 5.92 Å². The molecule has 2 heterocycles. The van der Waals surface area contributed by atoms with Crippen molar-refractivity contribution in [1.82, 2.24) is 15.5 Å². The smallest absolute Gasteiger partial charge is 0.224 e. The number of benzene rings is 1. The molecule has 1 unspecified atom stereocenters. The zero-order valence-corrected chi connectivity index (χ0v) is 13.3. The van der Waals surface area contributed by atoms with E-state index in [1.165, 1.54) is 5.56 Å². The Hall–Kier alpha value is -1.39. The monoisotopic (exact) mass is 301 g/mol. The zero-order valence-electron chi connectivity index (χ0n) is 13.3. The average molecular weight is 301 g/mol. The van der Waals surface area contributed by atoms with E-state index in [9.17, 15) is 4.79 Å². The summed E-state index contributed by atoms with van der Waals surface area (Å²) in [6.45, 7) is 5.07. The minimum atomic E-state index is 0.177. The molecule has 22 heavy (non-hydrogen) atoms. The molecule has 1 aromatic carbocycles. The molecule has 0 bridgehead atoms. The van der Waals surface area contributed by atoms with E-state index in [1.54, 1.807) is 0 Å². The second-order valence-electron chi connectivity index (χ2n) is 6.59. The fourth-order valence-corrected chi connectivity index (χ4v) is 3.47. The van der Waals surface area contributed by atoms with Crippen molar-refractivity contribution >= 4 is 5.91 Å². The van der Waals surface area contributed by atoms with Crippen LogP contribution in [0.4, 0.5) is 0 Å². The third kappa shape index (κ3) is 4.31. The Kier molecular flexibility index (Phi) is 5.46. The maximum Gasteiger partial charge on any atom is 0.224 e. The van der Waals surface area contributed by atoms with Gasteiger partial charge in [-0.3, -0.25) is 9.69 Å². The number of amides is 1. The van der Waals surface area contributed by atoms with Crippen LogP contribution in [-0.2, 0) is 11.3 Å². The van der Waals surface area contributed by atoms with Crippen molar-refractivity contribution in [2.24, 2.45) is 5.92 Å². The summed E-state index contributed by atoms with van der Waals surface area (Å²) < 4.78 is 0. The number of hydrogen-bond acceptors (Lipinski definition) is 3. The summed E-state index contributed by atoms with van der Waals surface area (Å²) in [6.07, 6.45) is 4.29. The second kappa shape index (κ2) is 7.75. The summed E-state index contributed by atoms with van der Waals surface area (Å²) >= 11 is 0. The molecule has 2 aliphatic rings. The van der Waals surface area contributed by atoms with Crippen LogP contribution in [0.25, 0.3) is 0 Å². The molecule has 0 aromatic heterocycles. The van der Waals surface area contributed by atoms with E-state index in [-0.39, 0.29) is 11.8 Å². The molecule has 4 heteroatoms. The Morgan fingerprint density at radius 1 is 1.18 bits per heavy atom. The van der Waals surface area contributed by atoms with E-state index in [1.807, 2.05) is 0 Å². The number of carbonyl (C=O) groups is 1. The van der Waals surface area contributed by atoms with Crippen molar-refractivity contribution in [1.29, 1.82) is 0 Å². The summed E-state index contributed by atoms with van der Waals surface area (Å²) in [5.41, 5.74) is 1.37. The van der Waals surface area contributed by atoms with Crippen LogP contribution in [0.15, 0.2) is 30.3 Å². The minimum absolute atomic E-state index is 0.177. The molecule has 1 atom stereocenters. The van der Waals surface area contributed by atoms with Crippen molar-refractivity contribution in [2.75, 3.05) is 26.2 Å². The van der Waals surface area contributed by atoms with Gasteiger partial charge < -0.3 is 10.6 Å². The van der Waals surface area contributed by atoms with E-state index in [4.69, 9.17) is 0 Å². The van der Waals surface area contributed by atoms with E-state index < -0.39 is 0 Å². The first kappa shape index (κ1) is 15.5. The van der Waals surface area contributed by atoms with Gasteiger partial charge in [0.15, 0.2) is 0 Å². The maximum absolute atomic E-state index is 12.3. The van der Waals surface area contributed by atoms with Gasteiger partial charge in [-0.1, -0.05) is 30.3 Å². The highest BCUT2D eigenvalue weighted by molar-refractivity contribution is 5.79. The lowest BCUT2D eigenvalue weighted by Gasteiger charge is -2.33. The summed E-state index contributed by atoms with van der Waals surface area (Å²) in [4.78, 5) is 14.8. The average Bonchev–Trinajstić information content (AvgIpc) is 2.58. The van der Waals surface area contributed by atoms with Gasteiger partial charge in [0.05, 0.1) is 5.92 Å². The molecule has 0 aliphatic carbocycles. The van der Waals surface area contributed by atoms with Gasteiger partial charge in [-0.05, 0) is 37.8 Å². The molecule has 1 aromatic rings. The fraction of sp³-hybridized carbons (Fsp3) is 0.611. The minimum Gasteiger partial charge on any atom is -0.353 e. The highest BCUT2D eigenvalue weighted by atomic mass is 16.2. The fourth-order valence-electron chi connectivity index (χ4n) is 3.47. The lowest BCUT2D eigenvalue weighted by atomic mass is 9.97. The van der Waals surface area contributed by atoms with Crippen LogP contribution in [0.5, 0.6) is 0 Å². The second-order valence-corrected chi connectivity index (χ2v) is 6.59. The molecule has 0 saturated carbocycles. The Balaban J connectivity index is 1.40. The first-order valence-corrected chi connectivity index (χ1v) is 8.58. The lowest BCUT2D eigenvalue weighted by Crippen LogP contribution is -2.48. The van der Waals surface area contributed by atoms with Gasteiger partial charge in [0.1, 0.15) is 0 Å². The van der Waals surface area contributed by atoms with Crippen LogP contribution < -0.4 is 10.6 Å².